The van der Waals surface area contributed by atoms with Gasteiger partial charge in [-0.25, -0.2) is 0 Å². The predicted molar refractivity (Wildman–Crippen MR) is 191 cm³/mol. The molecule has 3 nitrogen and oxygen atoms in total. The van der Waals surface area contributed by atoms with E-state index < -0.39 is 0 Å². The Bertz CT molecular complexity index is 2550. The van der Waals surface area contributed by atoms with Gasteiger partial charge in [0.25, 0.3) is 0 Å². The van der Waals surface area contributed by atoms with Crippen molar-refractivity contribution in [1.29, 1.82) is 0 Å². The molecule has 9 rings (SSSR count). The van der Waals surface area contributed by atoms with E-state index in [1.165, 1.54) is 49.0 Å². The van der Waals surface area contributed by atoms with Crippen LogP contribution in [0, 0.1) is 32.9 Å². The van der Waals surface area contributed by atoms with Crippen LogP contribution in [0.1, 0.15) is 16.7 Å². The Balaban J connectivity index is 0.000000212. The minimum Gasteiger partial charge on any atom is -0.476 e. The van der Waals surface area contributed by atoms with Crippen molar-refractivity contribution in [3.05, 3.63) is 156 Å². The van der Waals surface area contributed by atoms with Crippen LogP contribution in [0.25, 0.3) is 76.8 Å². The first-order chi connectivity index (χ1) is 22.5. The molecule has 0 atom stereocenters. The van der Waals surface area contributed by atoms with Gasteiger partial charge in [-0.3, -0.25) is 0 Å². The Kier molecular flexibility index (Phi) is 8.15. The van der Waals surface area contributed by atoms with E-state index in [1.54, 1.807) is 0 Å². The van der Waals surface area contributed by atoms with Crippen molar-refractivity contribution in [3.8, 4) is 22.5 Å². The molecule has 6 aromatic carbocycles. The maximum Gasteiger partial charge on any atom is 0.124 e. The van der Waals surface area contributed by atoms with Crippen LogP contribution < -0.4 is 0 Å². The maximum absolute atomic E-state index is 6.39. The SMILES string of the molecule is Cc1ccc(-c2[c-]cccc2)nc1.Cc1cnc(-c2[c-]ccc3oc4cc5c6ccccc6c6ccccc6c5cc4c23)cc1C.[Ir]. The summed E-state index contributed by atoms with van der Waals surface area (Å²) in [5.74, 6) is 0. The van der Waals surface area contributed by atoms with Crippen LogP contribution in [0.3, 0.4) is 0 Å². The average molecular weight is 783 g/mol. The second-order valence-electron chi connectivity index (χ2n) is 11.8. The van der Waals surface area contributed by atoms with E-state index in [0.29, 0.717) is 0 Å². The zero-order chi connectivity index (χ0) is 31.2. The average Bonchev–Trinajstić information content (AvgIpc) is 3.48. The molecule has 0 saturated carbocycles. The summed E-state index contributed by atoms with van der Waals surface area (Å²) < 4.78 is 6.39. The number of fused-ring (bicyclic) bond motifs is 9. The van der Waals surface area contributed by atoms with Crippen LogP contribution in [0.15, 0.2) is 132 Å². The number of aryl methyl sites for hydroxylation is 3. The summed E-state index contributed by atoms with van der Waals surface area (Å²) in [7, 11) is 0. The van der Waals surface area contributed by atoms with E-state index in [2.05, 4.69) is 104 Å². The van der Waals surface area contributed by atoms with Gasteiger partial charge in [-0.15, -0.1) is 53.6 Å². The van der Waals surface area contributed by atoms with Crippen molar-refractivity contribution in [2.75, 3.05) is 0 Å². The first kappa shape index (κ1) is 30.5. The van der Waals surface area contributed by atoms with Gasteiger partial charge in [0.05, 0.1) is 5.58 Å². The van der Waals surface area contributed by atoms with Crippen molar-refractivity contribution >= 4 is 54.3 Å². The van der Waals surface area contributed by atoms with Crippen LogP contribution in [-0.2, 0) is 20.1 Å². The summed E-state index contributed by atoms with van der Waals surface area (Å²) in [5, 5.41) is 9.67. The minimum absolute atomic E-state index is 0. The number of rotatable bonds is 2. The van der Waals surface area contributed by atoms with Gasteiger partial charge in [-0.2, -0.15) is 0 Å². The second kappa shape index (κ2) is 12.6. The molecule has 0 bridgehead atoms. The van der Waals surface area contributed by atoms with Gasteiger partial charge in [0.2, 0.25) is 0 Å². The summed E-state index contributed by atoms with van der Waals surface area (Å²) >= 11 is 0. The number of aromatic nitrogens is 2. The van der Waals surface area contributed by atoms with Crippen molar-refractivity contribution in [2.45, 2.75) is 20.8 Å². The summed E-state index contributed by atoms with van der Waals surface area (Å²) in [4.78, 5) is 9.04. The fraction of sp³-hybridized carbons (Fsp3) is 0.0698. The third-order valence-corrected chi connectivity index (χ3v) is 8.82. The molecule has 3 heterocycles. The molecule has 1 radical (unpaired) electrons. The van der Waals surface area contributed by atoms with Crippen LogP contribution in [0.2, 0.25) is 0 Å². The zero-order valence-corrected chi connectivity index (χ0v) is 28.7. The molecular weight excluding hydrogens is 753 g/mol. The van der Waals surface area contributed by atoms with Gasteiger partial charge >= 0.3 is 0 Å². The molecule has 47 heavy (non-hydrogen) atoms. The molecular formula is C43H30IrN2O-2. The largest absolute Gasteiger partial charge is 0.476 e. The van der Waals surface area contributed by atoms with Gasteiger partial charge in [-0.05, 0) is 87.1 Å². The molecule has 0 N–H and O–H groups in total. The Morgan fingerprint density at radius 2 is 1.17 bits per heavy atom. The Labute approximate surface area is 287 Å². The molecule has 0 fully saturated rings. The fourth-order valence-corrected chi connectivity index (χ4v) is 6.30. The van der Waals surface area contributed by atoms with Gasteiger partial charge in [0.15, 0.2) is 0 Å². The standard InChI is InChI=1S/C31H20NO.C12H10N.Ir/c1-18-14-28(32-17-19(18)2)24-12-7-13-29-31(24)27-15-25-22-10-5-3-8-20(22)21-9-4-6-11-23(21)26(25)16-30(27)33-29;1-10-7-8-12(13-9-10)11-5-3-2-4-6-11;/h3-11,13-17H,1-2H3;2-5,7-9H,1H3;/q2*-1;. The topological polar surface area (TPSA) is 38.9 Å². The maximum atomic E-state index is 6.39. The molecule has 9 aromatic rings. The normalized spacial score (nSPS) is 11.1. The summed E-state index contributed by atoms with van der Waals surface area (Å²) in [5.41, 5.74) is 9.28. The number of hydrogen-bond acceptors (Lipinski definition) is 3. The number of furan rings is 1. The zero-order valence-electron chi connectivity index (χ0n) is 26.3. The molecule has 0 aliphatic heterocycles. The van der Waals surface area contributed by atoms with Gasteiger partial charge in [0.1, 0.15) is 5.58 Å². The second-order valence-corrected chi connectivity index (χ2v) is 11.8. The molecule has 0 aliphatic rings. The summed E-state index contributed by atoms with van der Waals surface area (Å²) in [6.07, 6.45) is 3.81. The van der Waals surface area contributed by atoms with E-state index >= 15 is 0 Å². The first-order valence-electron chi connectivity index (χ1n) is 15.5. The van der Waals surface area contributed by atoms with E-state index in [-0.39, 0.29) is 20.1 Å². The van der Waals surface area contributed by atoms with Crippen molar-refractivity contribution in [3.63, 3.8) is 0 Å². The quantitative estimate of drug-likeness (QED) is 0.129. The Morgan fingerprint density at radius 1 is 0.511 bits per heavy atom. The molecule has 0 aliphatic carbocycles. The van der Waals surface area contributed by atoms with Gasteiger partial charge < -0.3 is 14.4 Å². The van der Waals surface area contributed by atoms with Crippen molar-refractivity contribution in [2.24, 2.45) is 0 Å². The van der Waals surface area contributed by atoms with E-state index in [9.17, 15) is 0 Å². The minimum atomic E-state index is 0. The van der Waals surface area contributed by atoms with E-state index in [1.807, 2.05) is 61.8 Å². The molecule has 0 saturated heterocycles. The Morgan fingerprint density at radius 3 is 1.81 bits per heavy atom. The Hall–Kier alpha value is -5.15. The van der Waals surface area contributed by atoms with Crippen molar-refractivity contribution in [1.82, 2.24) is 9.97 Å². The molecule has 0 amide bonds. The fourth-order valence-electron chi connectivity index (χ4n) is 6.30. The van der Waals surface area contributed by atoms with E-state index in [4.69, 9.17) is 9.40 Å². The molecule has 3 aromatic heterocycles. The third-order valence-electron chi connectivity index (χ3n) is 8.82. The number of hydrogen-bond donors (Lipinski definition) is 0. The summed E-state index contributed by atoms with van der Waals surface area (Å²) in [6, 6.07) is 46.4. The molecule has 4 heteroatoms. The van der Waals surface area contributed by atoms with Crippen LogP contribution in [0.5, 0.6) is 0 Å². The molecule has 0 spiro atoms. The number of nitrogens with zero attached hydrogens (tertiary/aromatic N) is 2. The van der Waals surface area contributed by atoms with E-state index in [0.717, 1.165) is 44.5 Å². The van der Waals surface area contributed by atoms with Crippen LogP contribution in [-0.4, -0.2) is 9.97 Å². The van der Waals surface area contributed by atoms with Crippen LogP contribution in [0.4, 0.5) is 0 Å². The summed E-state index contributed by atoms with van der Waals surface area (Å²) in [6.45, 7) is 6.25. The predicted octanol–water partition coefficient (Wildman–Crippen LogP) is 11.4. The molecule has 0 unspecified atom stereocenters. The number of pyridine rings is 2. The smallest absolute Gasteiger partial charge is 0.124 e. The molecule has 229 valence electrons. The van der Waals surface area contributed by atoms with Crippen LogP contribution >= 0.6 is 0 Å². The third kappa shape index (κ3) is 5.50. The van der Waals surface area contributed by atoms with Gasteiger partial charge in [-0.1, -0.05) is 89.8 Å². The van der Waals surface area contributed by atoms with Crippen molar-refractivity contribution < 1.29 is 24.5 Å². The monoisotopic (exact) mass is 783 g/mol. The number of benzene rings is 6. The van der Waals surface area contributed by atoms with Gasteiger partial charge in [0, 0.05) is 32.5 Å². The first-order valence-corrected chi connectivity index (χ1v) is 15.5.